The highest BCUT2D eigenvalue weighted by Gasteiger charge is 2.05. The summed E-state index contributed by atoms with van der Waals surface area (Å²) in [5, 5.41) is 5.42. The molecule has 5 heteroatoms. The number of hydrogen-bond donors (Lipinski definition) is 1. The Kier molecular flexibility index (Phi) is 8.71. The maximum absolute atomic E-state index is 6.05. The summed E-state index contributed by atoms with van der Waals surface area (Å²) in [4.78, 5) is 6.98. The number of nitrogens with one attached hydrogen (secondary N) is 1. The van der Waals surface area contributed by atoms with Crippen LogP contribution in [0.25, 0.3) is 10.9 Å². The molecule has 0 radical (unpaired) electrons. The van der Waals surface area contributed by atoms with Crippen molar-refractivity contribution in [3.05, 3.63) is 35.5 Å². The fourth-order valence-corrected chi connectivity index (χ4v) is 3.47. The third-order valence-corrected chi connectivity index (χ3v) is 4.97. The summed E-state index contributed by atoms with van der Waals surface area (Å²) in [7, 11) is 0. The minimum atomic E-state index is 0.729. The molecule has 24 heavy (non-hydrogen) atoms. The second-order valence-electron chi connectivity index (χ2n) is 5.99. The van der Waals surface area contributed by atoms with Crippen LogP contribution < -0.4 is 5.32 Å². The molecule has 1 N–H and O–H groups in total. The normalized spacial score (nSPS) is 11.3. The van der Waals surface area contributed by atoms with Gasteiger partial charge in [0.15, 0.2) is 0 Å². The Morgan fingerprint density at radius 3 is 2.79 bits per heavy atom. The number of benzene rings is 1. The molecule has 0 aliphatic carbocycles. The van der Waals surface area contributed by atoms with Crippen LogP contribution >= 0.6 is 23.4 Å². The Morgan fingerprint density at radius 2 is 2.00 bits per heavy atom. The highest BCUT2D eigenvalue weighted by molar-refractivity contribution is 7.98. The van der Waals surface area contributed by atoms with Crippen molar-refractivity contribution in [3.8, 4) is 0 Å². The van der Waals surface area contributed by atoms with E-state index in [4.69, 9.17) is 11.6 Å². The van der Waals surface area contributed by atoms with E-state index in [9.17, 15) is 0 Å². The van der Waals surface area contributed by atoms with Crippen LogP contribution in [0.5, 0.6) is 0 Å². The molecule has 0 aliphatic heterocycles. The van der Waals surface area contributed by atoms with E-state index in [0.717, 1.165) is 41.1 Å². The Morgan fingerprint density at radius 1 is 1.17 bits per heavy atom. The van der Waals surface area contributed by atoms with Crippen LogP contribution in [0.2, 0.25) is 5.02 Å². The van der Waals surface area contributed by atoms with E-state index in [0.29, 0.717) is 0 Å². The molecule has 0 saturated heterocycles. The molecule has 132 valence electrons. The Balaban J connectivity index is 1.83. The lowest BCUT2D eigenvalue weighted by atomic mass is 10.2. The highest BCUT2D eigenvalue weighted by Crippen LogP contribution is 2.24. The van der Waals surface area contributed by atoms with Gasteiger partial charge in [0.2, 0.25) is 0 Å². The molecule has 0 aliphatic rings. The lowest BCUT2D eigenvalue weighted by Gasteiger charge is -2.21. The summed E-state index contributed by atoms with van der Waals surface area (Å²) < 4.78 is 0. The molecule has 0 bridgehead atoms. The highest BCUT2D eigenvalue weighted by atomic mass is 35.5. The number of fused-ring (bicyclic) bond motifs is 1. The van der Waals surface area contributed by atoms with Gasteiger partial charge in [0.05, 0.1) is 5.52 Å². The third kappa shape index (κ3) is 6.15. The Labute approximate surface area is 155 Å². The average Bonchev–Trinajstić information content (AvgIpc) is 2.58. The zero-order valence-corrected chi connectivity index (χ0v) is 16.3. The first-order chi connectivity index (χ1) is 11.7. The average molecular weight is 366 g/mol. The Hall–Kier alpha value is -0.970. The van der Waals surface area contributed by atoms with Crippen molar-refractivity contribution in [1.82, 2.24) is 9.88 Å². The van der Waals surface area contributed by atoms with Gasteiger partial charge >= 0.3 is 0 Å². The van der Waals surface area contributed by atoms with Gasteiger partial charge in [-0.1, -0.05) is 18.5 Å². The molecule has 1 aromatic heterocycles. The lowest BCUT2D eigenvalue weighted by Crippen LogP contribution is -2.28. The van der Waals surface area contributed by atoms with Crippen molar-refractivity contribution >= 4 is 40.0 Å². The second kappa shape index (κ2) is 10.8. The largest absolute Gasteiger partial charge is 0.384 e. The van der Waals surface area contributed by atoms with Gasteiger partial charge in [-0.15, -0.1) is 0 Å². The number of pyridine rings is 1. The molecule has 0 fully saturated rings. The number of hydrogen-bond acceptors (Lipinski definition) is 4. The predicted octanol–water partition coefficient (Wildman–Crippen LogP) is 5.16. The van der Waals surface area contributed by atoms with E-state index >= 15 is 0 Å². The predicted molar refractivity (Wildman–Crippen MR) is 110 cm³/mol. The smallest absolute Gasteiger partial charge is 0.0737 e. The van der Waals surface area contributed by atoms with E-state index in [2.05, 4.69) is 28.4 Å². The summed E-state index contributed by atoms with van der Waals surface area (Å²) in [6, 6.07) is 7.92. The van der Waals surface area contributed by atoms with Crippen molar-refractivity contribution in [2.24, 2.45) is 0 Å². The van der Waals surface area contributed by atoms with E-state index in [1.807, 2.05) is 42.2 Å². The number of rotatable bonds is 11. The lowest BCUT2D eigenvalue weighted by molar-refractivity contribution is 0.275. The monoisotopic (exact) mass is 365 g/mol. The van der Waals surface area contributed by atoms with Crippen LogP contribution in [0.1, 0.15) is 26.2 Å². The summed E-state index contributed by atoms with van der Waals surface area (Å²) in [5.74, 6) is 1.25. The number of anilines is 1. The van der Waals surface area contributed by atoms with Crippen molar-refractivity contribution in [2.75, 3.05) is 43.5 Å². The van der Waals surface area contributed by atoms with E-state index in [1.54, 1.807) is 0 Å². The molecule has 0 saturated carbocycles. The van der Waals surface area contributed by atoms with Gasteiger partial charge in [0.25, 0.3) is 0 Å². The number of nitrogens with zero attached hydrogens (tertiary/aromatic N) is 2. The third-order valence-electron chi connectivity index (χ3n) is 4.03. The molecule has 2 rings (SSSR count). The van der Waals surface area contributed by atoms with Gasteiger partial charge in [-0.05, 0) is 75.2 Å². The second-order valence-corrected chi connectivity index (χ2v) is 7.41. The molecule has 3 nitrogen and oxygen atoms in total. The van der Waals surface area contributed by atoms with Crippen LogP contribution in [0, 0.1) is 0 Å². The first-order valence-corrected chi connectivity index (χ1v) is 10.5. The molecule has 1 heterocycles. The molecule has 0 atom stereocenters. The maximum atomic E-state index is 6.05. The van der Waals surface area contributed by atoms with Crippen molar-refractivity contribution in [1.29, 1.82) is 0 Å². The summed E-state index contributed by atoms with van der Waals surface area (Å²) in [5.41, 5.74) is 2.08. The van der Waals surface area contributed by atoms with Gasteiger partial charge in [-0.25, -0.2) is 0 Å². The topological polar surface area (TPSA) is 28.2 Å². The maximum Gasteiger partial charge on any atom is 0.0737 e. The van der Waals surface area contributed by atoms with E-state index in [-0.39, 0.29) is 0 Å². The van der Waals surface area contributed by atoms with Crippen LogP contribution in [0.3, 0.4) is 0 Å². The molecule has 0 spiro atoms. The molecule has 1 aromatic carbocycles. The molecule has 0 unspecified atom stereocenters. The zero-order valence-electron chi connectivity index (χ0n) is 14.7. The zero-order chi connectivity index (χ0) is 17.2. The van der Waals surface area contributed by atoms with Crippen LogP contribution in [-0.2, 0) is 0 Å². The summed E-state index contributed by atoms with van der Waals surface area (Å²) >= 11 is 7.98. The molecule has 2 aromatic rings. The minimum Gasteiger partial charge on any atom is -0.384 e. The molecular formula is C19H28ClN3S. The van der Waals surface area contributed by atoms with Crippen LogP contribution in [0.4, 0.5) is 5.69 Å². The minimum absolute atomic E-state index is 0.729. The molecule has 0 amide bonds. The van der Waals surface area contributed by atoms with Crippen LogP contribution in [-0.4, -0.2) is 48.1 Å². The summed E-state index contributed by atoms with van der Waals surface area (Å²) in [6.45, 7) is 6.80. The van der Waals surface area contributed by atoms with E-state index in [1.165, 1.54) is 31.7 Å². The first kappa shape index (κ1) is 19.4. The van der Waals surface area contributed by atoms with Crippen molar-refractivity contribution in [3.63, 3.8) is 0 Å². The van der Waals surface area contributed by atoms with E-state index < -0.39 is 0 Å². The van der Waals surface area contributed by atoms with Gasteiger partial charge < -0.3 is 10.2 Å². The van der Waals surface area contributed by atoms with Crippen molar-refractivity contribution in [2.45, 2.75) is 26.2 Å². The fraction of sp³-hybridized carbons (Fsp3) is 0.526. The standard InChI is InChI=1S/C19H28ClN3S/c1-3-11-23(13-5-14-24-2)12-4-9-21-18-8-10-22-19-15-16(20)6-7-17(18)19/h6-8,10,15H,3-5,9,11-14H2,1-2H3,(H,21,22). The quantitative estimate of drug-likeness (QED) is 0.557. The van der Waals surface area contributed by atoms with Gasteiger partial charge in [-0.3, -0.25) is 4.98 Å². The number of aromatic nitrogens is 1. The van der Waals surface area contributed by atoms with Crippen molar-refractivity contribution < 1.29 is 0 Å². The van der Waals surface area contributed by atoms with Gasteiger partial charge in [-0.2, -0.15) is 11.8 Å². The SMILES string of the molecule is CCCN(CCCNc1ccnc2cc(Cl)ccc12)CCCSC. The first-order valence-electron chi connectivity index (χ1n) is 8.74. The number of thioether (sulfide) groups is 1. The Bertz CT molecular complexity index is 621. The summed E-state index contributed by atoms with van der Waals surface area (Å²) in [6.07, 6.45) is 7.68. The molecular weight excluding hydrogens is 338 g/mol. The fourth-order valence-electron chi connectivity index (χ4n) is 2.89. The van der Waals surface area contributed by atoms with Gasteiger partial charge in [0.1, 0.15) is 0 Å². The number of halogens is 1. The van der Waals surface area contributed by atoms with Crippen LogP contribution in [0.15, 0.2) is 30.5 Å². The van der Waals surface area contributed by atoms with Gasteiger partial charge in [0, 0.05) is 28.8 Å².